The van der Waals surface area contributed by atoms with E-state index in [2.05, 4.69) is 237 Å². The van der Waals surface area contributed by atoms with Crippen molar-refractivity contribution in [3.63, 3.8) is 0 Å². The molecule has 4 aromatic heterocycles. The molecule has 0 saturated heterocycles. The zero-order valence-electron chi connectivity index (χ0n) is 46.9. The summed E-state index contributed by atoms with van der Waals surface area (Å²) in [5, 5.41) is 0. The van der Waals surface area contributed by atoms with Gasteiger partial charge in [-0.2, -0.15) is 0 Å². The molecule has 0 aliphatic rings. The van der Waals surface area contributed by atoms with Crippen LogP contribution in [0.3, 0.4) is 0 Å². The van der Waals surface area contributed by atoms with Crippen LogP contribution in [0.2, 0.25) is 0 Å². The maximum Gasteiger partial charge on any atom is 0.215 e. The van der Waals surface area contributed by atoms with Gasteiger partial charge in [-0.15, -0.1) is 0 Å². The van der Waals surface area contributed by atoms with E-state index in [1.807, 2.05) is 37.6 Å². The molecule has 4 heteroatoms. The van der Waals surface area contributed by atoms with Crippen molar-refractivity contribution < 1.29 is 22.4 Å². The molecule has 8 rings (SSSR count). The average Bonchev–Trinajstić information content (AvgIpc) is 3.32. The predicted octanol–water partition coefficient (Wildman–Crippen LogP) is 13.8. The summed E-state index contributed by atoms with van der Waals surface area (Å²) in [5.74, 6) is 1.28. The summed E-state index contributed by atoms with van der Waals surface area (Å²) in [6.07, 6.45) is 10.6. The highest BCUT2D eigenvalue weighted by molar-refractivity contribution is 5.66. The van der Waals surface area contributed by atoms with Gasteiger partial charge in [0.15, 0.2) is 24.8 Å². The van der Waals surface area contributed by atoms with Crippen molar-refractivity contribution in [2.45, 2.75) is 102 Å². The molecule has 0 atom stereocenters. The van der Waals surface area contributed by atoms with E-state index in [9.17, 15) is 0 Å². The van der Waals surface area contributed by atoms with Crippen molar-refractivity contribution in [1.29, 1.82) is 0 Å². The van der Waals surface area contributed by atoms with Gasteiger partial charge in [0.2, 0.25) is 22.8 Å². The summed E-state index contributed by atoms with van der Waals surface area (Å²) in [6.45, 7) is 21.5. The third kappa shape index (κ3) is 13.6. The van der Waals surface area contributed by atoms with Crippen LogP contribution in [0.1, 0.15) is 100 Å². The van der Waals surface area contributed by atoms with Gasteiger partial charge in [0.1, 0.15) is 28.2 Å². The van der Waals surface area contributed by atoms with Crippen LogP contribution < -0.4 is 18.3 Å². The molecule has 0 spiro atoms. The Balaban J connectivity index is 0.000000177. The molecule has 0 aliphatic heterocycles. The highest BCUT2D eigenvalue weighted by Crippen LogP contribution is 2.27. The van der Waals surface area contributed by atoms with Gasteiger partial charge in [-0.25, -0.2) is 18.3 Å². The van der Waals surface area contributed by atoms with Crippen LogP contribution in [0.25, 0.3) is 45.0 Å². The Morgan fingerprint density at radius 1 is 0.412 bits per heavy atom. The quantitative estimate of drug-likeness (QED) is 0.135. The number of pyridine rings is 4. The normalized spacial score (nSPS) is 11.6. The lowest BCUT2D eigenvalue weighted by Gasteiger charge is -2.10. The zero-order valence-corrected chi connectivity index (χ0v) is 43.9. The van der Waals surface area contributed by atoms with Gasteiger partial charge in [-0.05, 0) is 143 Å². The van der Waals surface area contributed by atoms with Crippen molar-refractivity contribution in [2.75, 3.05) is 0 Å². The van der Waals surface area contributed by atoms with Gasteiger partial charge < -0.3 is 0 Å². The Hall–Kier alpha value is -6.52. The highest BCUT2D eigenvalue weighted by atomic mass is 14.9. The molecule has 4 heterocycles. The third-order valence-electron chi connectivity index (χ3n) is 12.9. The molecule has 0 bridgehead atoms. The fourth-order valence-corrected chi connectivity index (χ4v) is 8.75. The van der Waals surface area contributed by atoms with Crippen LogP contribution >= 0.6 is 0 Å². The molecule has 0 N–H and O–H groups in total. The van der Waals surface area contributed by atoms with Gasteiger partial charge in [0.25, 0.3) is 0 Å². The highest BCUT2D eigenvalue weighted by Gasteiger charge is 2.19. The van der Waals surface area contributed by atoms with E-state index < -0.39 is 6.85 Å². The number of aromatic nitrogens is 4. The molecule has 4 aromatic carbocycles. The van der Waals surface area contributed by atoms with Crippen LogP contribution in [-0.4, -0.2) is 0 Å². The molecular formula is C64H80N4+4. The van der Waals surface area contributed by atoms with Gasteiger partial charge >= 0.3 is 0 Å². The zero-order chi connectivity index (χ0) is 52.2. The van der Waals surface area contributed by atoms with Crippen LogP contribution in [0.15, 0.2) is 158 Å². The summed E-state index contributed by atoms with van der Waals surface area (Å²) < 4.78 is 31.5. The predicted molar refractivity (Wildman–Crippen MR) is 287 cm³/mol. The smallest absolute Gasteiger partial charge is 0.201 e. The van der Waals surface area contributed by atoms with Gasteiger partial charge in [-0.3, -0.25) is 0 Å². The molecule has 68 heavy (non-hydrogen) atoms. The minimum Gasteiger partial charge on any atom is -0.201 e. The summed E-state index contributed by atoms with van der Waals surface area (Å²) in [7, 11) is 8.27. The number of aryl methyl sites for hydroxylation is 10. The molecule has 0 fully saturated rings. The number of rotatable bonds is 8. The molecule has 352 valence electrons. The maximum atomic E-state index is 7.64. The van der Waals surface area contributed by atoms with Gasteiger partial charge in [0, 0.05) is 72.4 Å². The Bertz CT molecular complexity index is 3050. The van der Waals surface area contributed by atoms with Crippen LogP contribution in [-0.2, 0) is 41.0 Å². The fraction of sp³-hybridized carbons (Fsp3) is 0.312. The molecule has 0 amide bonds. The number of hydrogen-bond donors (Lipinski definition) is 0. The van der Waals surface area contributed by atoms with E-state index in [1.54, 1.807) is 6.20 Å². The molecule has 4 nitrogen and oxygen atoms in total. The van der Waals surface area contributed by atoms with Crippen molar-refractivity contribution in [2.24, 2.45) is 34.1 Å². The Morgan fingerprint density at radius 3 is 1.19 bits per heavy atom. The van der Waals surface area contributed by atoms with Crippen LogP contribution in [0, 0.1) is 54.3 Å². The van der Waals surface area contributed by atoms with Crippen molar-refractivity contribution in [1.82, 2.24) is 0 Å². The van der Waals surface area contributed by atoms with E-state index in [0.717, 1.165) is 35.2 Å². The van der Waals surface area contributed by atoms with Crippen LogP contribution in [0.5, 0.6) is 0 Å². The van der Waals surface area contributed by atoms with Crippen molar-refractivity contribution in [3.8, 4) is 45.0 Å². The number of benzene rings is 4. The molecule has 8 aromatic rings. The summed E-state index contributed by atoms with van der Waals surface area (Å²) in [6, 6.07) is 47.1. The Morgan fingerprint density at radius 2 is 0.809 bits per heavy atom. The first kappa shape index (κ1) is 48.0. The second-order valence-corrected chi connectivity index (χ2v) is 19.1. The van der Waals surface area contributed by atoms with E-state index in [1.165, 1.54) is 72.7 Å². The monoisotopic (exact) mass is 908 g/mol. The van der Waals surface area contributed by atoms with E-state index >= 15 is 0 Å². The average molecular weight is 908 g/mol. The van der Waals surface area contributed by atoms with E-state index in [4.69, 9.17) is 4.11 Å². The summed E-state index contributed by atoms with van der Waals surface area (Å²) in [4.78, 5) is 0. The van der Waals surface area contributed by atoms with Crippen molar-refractivity contribution in [3.05, 3.63) is 214 Å². The molecule has 0 aliphatic carbocycles. The second-order valence-electron chi connectivity index (χ2n) is 19.1. The molecular weight excluding hydrogens is 825 g/mol. The lowest BCUT2D eigenvalue weighted by molar-refractivity contribution is -0.661. The largest absolute Gasteiger partial charge is 0.215 e. The topological polar surface area (TPSA) is 15.5 Å². The molecule has 0 radical (unpaired) electrons. The minimum atomic E-state index is -2.07. The van der Waals surface area contributed by atoms with E-state index in [0.29, 0.717) is 17.4 Å². The second kappa shape index (κ2) is 24.5. The lowest BCUT2D eigenvalue weighted by Crippen LogP contribution is -2.33. The first-order valence-corrected chi connectivity index (χ1v) is 24.3. The number of nitrogens with zero attached hydrogens (tertiary/aromatic N) is 4. The fourth-order valence-electron chi connectivity index (χ4n) is 8.75. The first-order valence-electron chi connectivity index (χ1n) is 25.8. The molecule has 0 unspecified atom stereocenters. The molecule has 0 saturated carbocycles. The van der Waals surface area contributed by atoms with Crippen molar-refractivity contribution >= 4 is 0 Å². The Labute approximate surface area is 415 Å². The number of hydrogen-bond acceptors (Lipinski definition) is 0. The third-order valence-corrected chi connectivity index (χ3v) is 12.9. The first-order chi connectivity index (χ1) is 33.6. The van der Waals surface area contributed by atoms with E-state index in [-0.39, 0.29) is 0 Å². The summed E-state index contributed by atoms with van der Waals surface area (Å²) in [5.41, 5.74) is 21.6. The standard InChI is InChI=1S/C17H22N.2C16H20N.C15H18N/c1-13(2)11-15-9-10-17(18(4)12-15)16-8-6-5-7-14(16)3;1-11-8-6-7-9-15(11)16-14(4)13(3)12(2)10-17(16)5;1-12(2)14-9-10-16(17(4)11-14)15-8-6-5-7-13(15)3;1-4-13-9-10-15(16(3)11-13)14-8-6-5-7-12(14)2/h5-10,12-13H,11H2,1-4H3;6-10H,1-5H3;5-12H,1-4H3;5-11H,4H2,1-3H3/q4*+1/i;2D3;;. The Kier molecular flexibility index (Phi) is 17.3. The SMILES string of the molecule is CCc1ccc(-c2ccccc2C)[n+](C)c1.Cc1ccccc1-c1ccc(C(C)C)c[n+]1C.Cc1ccccc1-c1ccc(CC(C)C)c[n+]1C.[2H]C([2H])([2H])c1c[n+](C)c(-c2ccccc2C)c(C)c1C. The summed E-state index contributed by atoms with van der Waals surface area (Å²) >= 11 is 0. The lowest BCUT2D eigenvalue weighted by atomic mass is 9.97. The van der Waals surface area contributed by atoms with Gasteiger partial charge in [-0.1, -0.05) is 107 Å². The minimum absolute atomic E-state index is 0.426. The maximum absolute atomic E-state index is 7.64. The van der Waals surface area contributed by atoms with Crippen LogP contribution in [0.4, 0.5) is 0 Å². The van der Waals surface area contributed by atoms with Gasteiger partial charge in [0.05, 0.1) is 0 Å².